The molecule has 3 unspecified atom stereocenters. The molecule has 3 aromatic rings. The molecule has 3 aliphatic heterocycles. The lowest BCUT2D eigenvalue weighted by atomic mass is 10.1. The molecular formula is C36H45N3O9. The second-order valence-corrected chi connectivity index (χ2v) is 12.1. The predicted molar refractivity (Wildman–Crippen MR) is 179 cm³/mol. The van der Waals surface area contributed by atoms with Crippen molar-refractivity contribution in [3.63, 3.8) is 0 Å². The van der Waals surface area contributed by atoms with Crippen LogP contribution in [0.5, 0.6) is 17.2 Å². The molecule has 0 spiro atoms. The molecule has 3 saturated heterocycles. The first-order valence-corrected chi connectivity index (χ1v) is 15.9. The Morgan fingerprint density at radius 2 is 0.688 bits per heavy atom. The molecule has 0 aromatic heterocycles. The van der Waals surface area contributed by atoms with Crippen molar-refractivity contribution in [2.45, 2.75) is 59.9 Å². The highest BCUT2D eigenvalue weighted by molar-refractivity contribution is 5.70. The zero-order valence-corrected chi connectivity index (χ0v) is 28.3. The minimum absolute atomic E-state index is 0.187. The van der Waals surface area contributed by atoms with Crippen LogP contribution in [-0.4, -0.2) is 76.0 Å². The molecule has 3 N–H and O–H groups in total. The largest absolute Gasteiger partial charge is 0.490 e. The Hall–Kier alpha value is -5.13. The molecule has 3 aromatic carbocycles. The summed E-state index contributed by atoms with van der Waals surface area (Å²) < 4.78 is 31.7. The van der Waals surface area contributed by atoms with Crippen molar-refractivity contribution in [1.82, 2.24) is 16.0 Å². The van der Waals surface area contributed by atoms with E-state index in [-0.39, 0.29) is 36.6 Å². The van der Waals surface area contributed by atoms with Gasteiger partial charge in [-0.15, -0.1) is 0 Å². The van der Waals surface area contributed by atoms with E-state index in [1.807, 2.05) is 77.9 Å². The predicted octanol–water partition coefficient (Wildman–Crippen LogP) is 5.37. The van der Waals surface area contributed by atoms with Crippen LogP contribution >= 0.6 is 0 Å². The van der Waals surface area contributed by atoms with E-state index < -0.39 is 0 Å². The normalized spacial score (nSPS) is 19.1. The molecule has 0 saturated carbocycles. The van der Waals surface area contributed by atoms with Gasteiger partial charge in [0.2, 0.25) is 0 Å². The van der Waals surface area contributed by atoms with E-state index in [1.54, 1.807) is 0 Å². The van der Waals surface area contributed by atoms with E-state index >= 15 is 0 Å². The molecule has 258 valence electrons. The van der Waals surface area contributed by atoms with E-state index in [1.165, 1.54) is 0 Å². The maximum Gasteiger partial charge on any atom is 0.407 e. The zero-order valence-electron chi connectivity index (χ0n) is 28.3. The van der Waals surface area contributed by atoms with Gasteiger partial charge in [-0.3, -0.25) is 0 Å². The number of ether oxygens (including phenoxy) is 6. The van der Waals surface area contributed by atoms with Crippen molar-refractivity contribution in [2.75, 3.05) is 39.5 Å². The van der Waals surface area contributed by atoms with Crippen LogP contribution in [0.15, 0.2) is 54.6 Å². The minimum atomic E-state index is -0.367. The lowest BCUT2D eigenvalue weighted by Gasteiger charge is -2.11. The van der Waals surface area contributed by atoms with Crippen molar-refractivity contribution in [2.24, 2.45) is 0 Å². The number of hydrogen-bond donors (Lipinski definition) is 3. The van der Waals surface area contributed by atoms with Crippen molar-refractivity contribution < 1.29 is 42.8 Å². The van der Waals surface area contributed by atoms with Gasteiger partial charge in [-0.25, -0.2) is 14.4 Å². The third-order valence-corrected chi connectivity index (χ3v) is 7.14. The Bertz CT molecular complexity index is 1330. The molecule has 0 aliphatic carbocycles. The molecule has 3 aliphatic rings. The van der Waals surface area contributed by atoms with Crippen LogP contribution < -0.4 is 30.2 Å². The second-order valence-electron chi connectivity index (χ2n) is 12.1. The Morgan fingerprint density at radius 1 is 0.458 bits per heavy atom. The number of nitrogens with one attached hydrogen (secondary N) is 3. The average molecular weight is 664 g/mol. The molecule has 48 heavy (non-hydrogen) atoms. The molecular weight excluding hydrogens is 618 g/mol. The van der Waals surface area contributed by atoms with E-state index in [4.69, 9.17) is 28.4 Å². The molecule has 3 amide bonds. The monoisotopic (exact) mass is 663 g/mol. The van der Waals surface area contributed by atoms with E-state index in [2.05, 4.69) is 34.1 Å². The third-order valence-electron chi connectivity index (χ3n) is 7.14. The second kappa shape index (κ2) is 17.1. The van der Waals surface area contributed by atoms with Crippen LogP contribution in [0.4, 0.5) is 14.4 Å². The maximum atomic E-state index is 10.8. The van der Waals surface area contributed by atoms with Gasteiger partial charge >= 0.3 is 18.3 Å². The van der Waals surface area contributed by atoms with Crippen molar-refractivity contribution >= 4 is 18.3 Å². The van der Waals surface area contributed by atoms with Crippen molar-refractivity contribution in [3.8, 4) is 17.2 Å². The van der Waals surface area contributed by atoms with E-state index in [9.17, 15) is 14.4 Å². The van der Waals surface area contributed by atoms with Gasteiger partial charge in [0.25, 0.3) is 0 Å². The summed E-state index contributed by atoms with van der Waals surface area (Å²) in [6.45, 7) is 14.9. The first-order chi connectivity index (χ1) is 22.9. The summed E-state index contributed by atoms with van der Waals surface area (Å²) in [4.78, 5) is 32.4. The Labute approximate surface area is 281 Å². The van der Waals surface area contributed by atoms with Gasteiger partial charge in [0, 0.05) is 0 Å². The molecule has 0 radical (unpaired) electrons. The lowest BCUT2D eigenvalue weighted by molar-refractivity contribution is 0.104. The average Bonchev–Trinajstić information content (AvgIpc) is 3.74. The van der Waals surface area contributed by atoms with Crippen molar-refractivity contribution in [3.05, 3.63) is 88.0 Å². The summed E-state index contributed by atoms with van der Waals surface area (Å²) in [6, 6.07) is 18.1. The Morgan fingerprint density at radius 3 is 0.875 bits per heavy atom. The van der Waals surface area contributed by atoms with Crippen LogP contribution in [0.25, 0.3) is 0 Å². The molecule has 0 bridgehead atoms. The number of amides is 3. The van der Waals surface area contributed by atoms with Crippen LogP contribution in [0.3, 0.4) is 0 Å². The number of aryl methyl sites for hydroxylation is 6. The topological polar surface area (TPSA) is 143 Å². The molecule has 3 atom stereocenters. The fourth-order valence-corrected chi connectivity index (χ4v) is 5.19. The lowest BCUT2D eigenvalue weighted by Crippen LogP contribution is -2.21. The highest BCUT2D eigenvalue weighted by Gasteiger charge is 2.24. The summed E-state index contributed by atoms with van der Waals surface area (Å²) >= 11 is 0. The van der Waals surface area contributed by atoms with Gasteiger partial charge < -0.3 is 44.4 Å². The number of rotatable bonds is 9. The highest BCUT2D eigenvalue weighted by Crippen LogP contribution is 2.19. The summed E-state index contributed by atoms with van der Waals surface area (Å²) in [5, 5.41) is 7.76. The SMILES string of the molecule is Cc1cc(C)cc(OCC2CNC(=O)O2)c1.Cc1cc(C)cc(OCC2CNC(=O)O2)c1.Cc1cc(C)cc(OCC2CNC(=O)O2)c1. The van der Waals surface area contributed by atoms with Crippen molar-refractivity contribution in [1.29, 1.82) is 0 Å². The smallest absolute Gasteiger partial charge is 0.407 e. The van der Waals surface area contributed by atoms with Gasteiger partial charge in [-0.05, 0) is 111 Å². The number of hydrogen-bond acceptors (Lipinski definition) is 9. The highest BCUT2D eigenvalue weighted by atomic mass is 16.6. The van der Waals surface area contributed by atoms with Gasteiger partial charge in [-0.1, -0.05) is 18.2 Å². The zero-order chi connectivity index (χ0) is 34.6. The van der Waals surface area contributed by atoms with E-state index in [0.29, 0.717) is 39.5 Å². The maximum absolute atomic E-state index is 10.8. The summed E-state index contributed by atoms with van der Waals surface area (Å²) in [6.07, 6.45) is -1.66. The van der Waals surface area contributed by atoms with Crippen LogP contribution in [0.1, 0.15) is 33.4 Å². The number of cyclic esters (lactones) is 3. The quantitative estimate of drug-likeness (QED) is 0.258. The van der Waals surface area contributed by atoms with Crippen LogP contribution in [0.2, 0.25) is 0 Å². The number of carbonyl (C=O) groups is 3. The molecule has 6 rings (SSSR count). The standard InChI is InChI=1S/3C12H15NO3/c3*1-8-3-9(2)5-10(4-8)15-7-11-6-13-12(14)16-11/h3*3-5,11H,6-7H2,1-2H3,(H,13,14). The van der Waals surface area contributed by atoms with E-state index in [0.717, 1.165) is 50.6 Å². The summed E-state index contributed by atoms with van der Waals surface area (Å²) in [5.74, 6) is 2.46. The molecule has 12 heteroatoms. The third kappa shape index (κ3) is 12.2. The molecule has 3 heterocycles. The van der Waals surface area contributed by atoms with Crippen LogP contribution in [-0.2, 0) is 14.2 Å². The van der Waals surface area contributed by atoms with Gasteiger partial charge in [-0.2, -0.15) is 0 Å². The van der Waals surface area contributed by atoms with Crippen LogP contribution in [0, 0.1) is 41.5 Å². The Kier molecular flexibility index (Phi) is 12.8. The fourth-order valence-electron chi connectivity index (χ4n) is 5.19. The minimum Gasteiger partial charge on any atom is -0.490 e. The fraction of sp³-hybridized carbons (Fsp3) is 0.417. The number of benzene rings is 3. The Balaban J connectivity index is 0.000000163. The first kappa shape index (κ1) is 35.7. The molecule has 12 nitrogen and oxygen atoms in total. The summed E-state index contributed by atoms with van der Waals surface area (Å²) in [5.41, 5.74) is 6.98. The van der Waals surface area contributed by atoms with Gasteiger partial charge in [0.15, 0.2) is 18.3 Å². The first-order valence-electron chi connectivity index (χ1n) is 15.9. The van der Waals surface area contributed by atoms with Gasteiger partial charge in [0.1, 0.15) is 37.1 Å². The van der Waals surface area contributed by atoms with Gasteiger partial charge in [0.05, 0.1) is 19.6 Å². The number of carbonyl (C=O) groups excluding carboxylic acids is 3. The molecule has 3 fully saturated rings. The number of alkyl carbamates (subject to hydrolysis) is 3. The summed E-state index contributed by atoms with van der Waals surface area (Å²) in [7, 11) is 0.